The molecule has 1 aromatic heterocycles. The van der Waals surface area contributed by atoms with Gasteiger partial charge in [-0.1, -0.05) is 18.5 Å². The molecule has 102 valence electrons. The number of halogens is 1. The zero-order chi connectivity index (χ0) is 13.7. The van der Waals surface area contributed by atoms with Crippen LogP contribution in [0.5, 0.6) is 5.75 Å². The molecule has 0 atom stereocenters. The fraction of sp³-hybridized carbons (Fsp3) is 0.286. The maximum absolute atomic E-state index is 5.90. The monoisotopic (exact) mass is 296 g/mol. The summed E-state index contributed by atoms with van der Waals surface area (Å²) in [7, 11) is 0. The molecular weight excluding hydrogens is 280 g/mol. The van der Waals surface area contributed by atoms with Gasteiger partial charge in [0, 0.05) is 34.9 Å². The summed E-state index contributed by atoms with van der Waals surface area (Å²) in [6, 6.07) is 9.61. The zero-order valence-electron chi connectivity index (χ0n) is 10.8. The van der Waals surface area contributed by atoms with Crippen LogP contribution in [-0.4, -0.2) is 6.61 Å². The molecule has 1 heterocycles. The minimum absolute atomic E-state index is 0.695. The Labute approximate surface area is 122 Å². The molecule has 0 saturated carbocycles. The van der Waals surface area contributed by atoms with Crippen LogP contribution in [0.4, 0.5) is 11.4 Å². The molecule has 19 heavy (non-hydrogen) atoms. The largest absolute Gasteiger partial charge is 0.493 e. The van der Waals surface area contributed by atoms with E-state index in [2.05, 4.69) is 12.2 Å². The van der Waals surface area contributed by atoms with Crippen LogP contribution in [0.1, 0.15) is 18.2 Å². The number of thiophene rings is 1. The Bertz CT molecular complexity index is 542. The Morgan fingerprint density at radius 1 is 1.32 bits per heavy atom. The summed E-state index contributed by atoms with van der Waals surface area (Å²) in [5.74, 6) is 0.800. The molecule has 0 aliphatic heterocycles. The normalized spacial score (nSPS) is 10.4. The van der Waals surface area contributed by atoms with Crippen molar-refractivity contribution in [3.05, 3.63) is 39.5 Å². The van der Waals surface area contributed by atoms with Crippen LogP contribution in [0.25, 0.3) is 0 Å². The smallest absolute Gasteiger partial charge is 0.123 e. The van der Waals surface area contributed by atoms with Crippen LogP contribution < -0.4 is 15.8 Å². The van der Waals surface area contributed by atoms with Gasteiger partial charge in [-0.25, -0.2) is 0 Å². The van der Waals surface area contributed by atoms with Gasteiger partial charge in [-0.05, 0) is 24.6 Å². The van der Waals surface area contributed by atoms with E-state index in [0.29, 0.717) is 12.3 Å². The van der Waals surface area contributed by atoms with Crippen molar-refractivity contribution < 1.29 is 4.74 Å². The van der Waals surface area contributed by atoms with Crippen LogP contribution in [-0.2, 0) is 6.54 Å². The molecule has 2 aromatic rings. The fourth-order valence-corrected chi connectivity index (χ4v) is 2.69. The summed E-state index contributed by atoms with van der Waals surface area (Å²) < 4.78 is 6.40. The maximum Gasteiger partial charge on any atom is 0.123 e. The first-order valence-corrected chi connectivity index (χ1v) is 7.38. The summed E-state index contributed by atoms with van der Waals surface area (Å²) >= 11 is 7.47. The van der Waals surface area contributed by atoms with Gasteiger partial charge in [0.15, 0.2) is 0 Å². The number of nitrogens with one attached hydrogen (secondary N) is 1. The Morgan fingerprint density at radius 2 is 2.16 bits per heavy atom. The van der Waals surface area contributed by atoms with Gasteiger partial charge in [-0.15, -0.1) is 11.3 Å². The van der Waals surface area contributed by atoms with Crippen molar-refractivity contribution >= 4 is 34.3 Å². The van der Waals surface area contributed by atoms with Gasteiger partial charge in [-0.2, -0.15) is 0 Å². The topological polar surface area (TPSA) is 47.3 Å². The molecule has 2 rings (SSSR count). The van der Waals surface area contributed by atoms with Gasteiger partial charge in [0.1, 0.15) is 5.75 Å². The van der Waals surface area contributed by atoms with Crippen molar-refractivity contribution in [3.63, 3.8) is 0 Å². The van der Waals surface area contributed by atoms with E-state index < -0.39 is 0 Å². The number of ether oxygens (including phenoxy) is 1. The van der Waals surface area contributed by atoms with Crippen LogP contribution >= 0.6 is 22.9 Å². The number of nitrogen functional groups attached to an aromatic ring is 1. The second-order valence-electron chi connectivity index (χ2n) is 4.20. The average Bonchev–Trinajstić information content (AvgIpc) is 2.79. The van der Waals surface area contributed by atoms with Crippen molar-refractivity contribution in [2.75, 3.05) is 17.7 Å². The summed E-state index contributed by atoms with van der Waals surface area (Å²) in [5, 5.41) is 3.32. The van der Waals surface area contributed by atoms with E-state index >= 15 is 0 Å². The molecule has 0 spiro atoms. The first kappa shape index (κ1) is 14.0. The molecule has 0 radical (unpaired) electrons. The third kappa shape index (κ3) is 4.33. The highest BCUT2D eigenvalue weighted by molar-refractivity contribution is 7.16. The molecule has 0 fully saturated rings. The van der Waals surface area contributed by atoms with E-state index in [0.717, 1.165) is 28.7 Å². The highest BCUT2D eigenvalue weighted by Gasteiger charge is 2.02. The number of nitrogens with two attached hydrogens (primary N) is 1. The van der Waals surface area contributed by atoms with Gasteiger partial charge >= 0.3 is 0 Å². The summed E-state index contributed by atoms with van der Waals surface area (Å²) in [6.07, 6.45) is 0.977. The van der Waals surface area contributed by atoms with E-state index in [1.165, 1.54) is 4.88 Å². The molecule has 0 aliphatic carbocycles. The highest BCUT2D eigenvalue weighted by atomic mass is 35.5. The second kappa shape index (κ2) is 6.68. The Morgan fingerprint density at radius 3 is 2.84 bits per heavy atom. The number of benzene rings is 1. The predicted octanol–water partition coefficient (Wildman–Crippen LogP) is 4.38. The Hall–Kier alpha value is -1.39. The third-order valence-corrected chi connectivity index (χ3v) is 3.73. The van der Waals surface area contributed by atoms with Crippen LogP contribution in [0.15, 0.2) is 30.3 Å². The van der Waals surface area contributed by atoms with Crippen molar-refractivity contribution in [2.24, 2.45) is 0 Å². The number of hydrogen-bond donors (Lipinski definition) is 2. The molecule has 3 nitrogen and oxygen atoms in total. The molecular formula is C14H17ClN2OS. The van der Waals surface area contributed by atoms with E-state index in [1.54, 1.807) is 11.3 Å². The minimum atomic E-state index is 0.695. The standard InChI is InChI=1S/C14H17ClN2OS/c1-2-5-18-12-7-10(16)6-11(8-12)17-9-13-3-4-14(15)19-13/h3-4,6-8,17H,2,5,9,16H2,1H3. The number of anilines is 2. The van der Waals surface area contributed by atoms with Crippen molar-refractivity contribution in [1.82, 2.24) is 0 Å². The van der Waals surface area contributed by atoms with E-state index in [-0.39, 0.29) is 0 Å². The lowest BCUT2D eigenvalue weighted by Gasteiger charge is -2.10. The maximum atomic E-state index is 5.90. The van der Waals surface area contributed by atoms with Gasteiger partial charge in [0.05, 0.1) is 10.9 Å². The molecule has 0 saturated heterocycles. The zero-order valence-corrected chi connectivity index (χ0v) is 12.4. The number of hydrogen-bond acceptors (Lipinski definition) is 4. The highest BCUT2D eigenvalue weighted by Crippen LogP contribution is 2.25. The van der Waals surface area contributed by atoms with Crippen molar-refractivity contribution in [2.45, 2.75) is 19.9 Å². The lowest BCUT2D eigenvalue weighted by Crippen LogP contribution is -2.01. The van der Waals surface area contributed by atoms with Crippen LogP contribution in [0.3, 0.4) is 0 Å². The van der Waals surface area contributed by atoms with E-state index in [4.69, 9.17) is 22.1 Å². The SMILES string of the molecule is CCCOc1cc(N)cc(NCc2ccc(Cl)s2)c1. The van der Waals surface area contributed by atoms with Gasteiger partial charge in [0.25, 0.3) is 0 Å². The van der Waals surface area contributed by atoms with Gasteiger partial charge < -0.3 is 15.8 Å². The lowest BCUT2D eigenvalue weighted by molar-refractivity contribution is 0.318. The molecule has 5 heteroatoms. The van der Waals surface area contributed by atoms with Gasteiger partial charge in [-0.3, -0.25) is 0 Å². The molecule has 0 unspecified atom stereocenters. The predicted molar refractivity (Wildman–Crippen MR) is 83.3 cm³/mol. The molecule has 0 aliphatic rings. The quantitative estimate of drug-likeness (QED) is 0.778. The Kier molecular flexibility index (Phi) is 4.93. The van der Waals surface area contributed by atoms with Gasteiger partial charge in [0.2, 0.25) is 0 Å². The number of rotatable bonds is 6. The van der Waals surface area contributed by atoms with Crippen molar-refractivity contribution in [3.8, 4) is 5.75 Å². The molecule has 3 N–H and O–H groups in total. The summed E-state index contributed by atoms with van der Waals surface area (Å²) in [4.78, 5) is 1.18. The Balaban J connectivity index is 2.01. The van der Waals surface area contributed by atoms with E-state index in [9.17, 15) is 0 Å². The third-order valence-electron chi connectivity index (χ3n) is 2.50. The van der Waals surface area contributed by atoms with Crippen molar-refractivity contribution in [1.29, 1.82) is 0 Å². The summed E-state index contributed by atoms with van der Waals surface area (Å²) in [5.41, 5.74) is 7.51. The van der Waals surface area contributed by atoms with Crippen LogP contribution in [0.2, 0.25) is 4.34 Å². The lowest BCUT2D eigenvalue weighted by atomic mass is 10.2. The van der Waals surface area contributed by atoms with E-state index in [1.807, 2.05) is 30.3 Å². The average molecular weight is 297 g/mol. The first-order chi connectivity index (χ1) is 9.17. The van der Waals surface area contributed by atoms with Crippen LogP contribution in [0, 0.1) is 0 Å². The fourth-order valence-electron chi connectivity index (χ4n) is 1.66. The summed E-state index contributed by atoms with van der Waals surface area (Å²) in [6.45, 7) is 3.50. The first-order valence-electron chi connectivity index (χ1n) is 6.19. The molecule has 0 bridgehead atoms. The minimum Gasteiger partial charge on any atom is -0.493 e. The second-order valence-corrected chi connectivity index (χ2v) is 6.00. The molecule has 1 aromatic carbocycles. The molecule has 0 amide bonds.